The van der Waals surface area contributed by atoms with Gasteiger partial charge in [0.1, 0.15) is 18.1 Å². The molecular formula is C30H37F5N4O4SSi. The Hall–Kier alpha value is -2.85. The molecule has 1 saturated carbocycles. The molecule has 1 aromatic carbocycles. The quantitative estimate of drug-likeness (QED) is 0.0849. The van der Waals surface area contributed by atoms with Gasteiger partial charge >= 0.3 is 6.18 Å². The van der Waals surface area contributed by atoms with Crippen LogP contribution < -0.4 is 15.4 Å². The Morgan fingerprint density at radius 3 is 2.40 bits per heavy atom. The van der Waals surface area contributed by atoms with Crippen LogP contribution in [0.2, 0.25) is 25.7 Å². The second-order valence-corrected chi connectivity index (χ2v) is 19.2. The van der Waals surface area contributed by atoms with Gasteiger partial charge in [-0.2, -0.15) is 13.2 Å². The topological polar surface area (TPSA) is 89.8 Å². The zero-order chi connectivity index (χ0) is 32.6. The highest BCUT2D eigenvalue weighted by atomic mass is 32.1. The molecule has 1 aliphatic carbocycles. The maximum Gasteiger partial charge on any atom is 0.398 e. The molecule has 0 bridgehead atoms. The van der Waals surface area contributed by atoms with Gasteiger partial charge < -0.3 is 34.5 Å². The summed E-state index contributed by atoms with van der Waals surface area (Å²) < 4.78 is 92.5. The average molecular weight is 673 g/mol. The number of aliphatic hydroxyl groups excluding tert-OH is 1. The fourth-order valence-corrected chi connectivity index (χ4v) is 6.38. The van der Waals surface area contributed by atoms with E-state index in [0.29, 0.717) is 32.8 Å². The van der Waals surface area contributed by atoms with Crippen molar-refractivity contribution in [3.05, 3.63) is 47.8 Å². The van der Waals surface area contributed by atoms with E-state index in [1.165, 1.54) is 23.0 Å². The monoisotopic (exact) mass is 672 g/mol. The van der Waals surface area contributed by atoms with Gasteiger partial charge in [0.2, 0.25) is 0 Å². The lowest BCUT2D eigenvalue weighted by atomic mass is 9.64. The number of aliphatic hydroxyl groups is 1. The number of ether oxygens (including phenoxy) is 3. The zero-order valence-corrected chi connectivity index (χ0v) is 27.1. The molecule has 1 aliphatic heterocycles. The number of alkyl halides is 3. The van der Waals surface area contributed by atoms with Crippen LogP contribution in [0.5, 0.6) is 11.5 Å². The predicted molar refractivity (Wildman–Crippen MR) is 166 cm³/mol. The molecule has 0 unspecified atom stereocenters. The molecule has 0 amide bonds. The number of pyridine rings is 1. The van der Waals surface area contributed by atoms with Crippen LogP contribution in [0.25, 0.3) is 11.0 Å². The van der Waals surface area contributed by atoms with Gasteiger partial charge in [-0.15, -0.1) is 0 Å². The molecular weight excluding hydrogens is 635 g/mol. The highest BCUT2D eigenvalue weighted by Gasteiger charge is 2.60. The van der Waals surface area contributed by atoms with Crippen molar-refractivity contribution in [3.63, 3.8) is 0 Å². The van der Waals surface area contributed by atoms with Gasteiger partial charge in [0.25, 0.3) is 0 Å². The Morgan fingerprint density at radius 2 is 1.87 bits per heavy atom. The molecule has 3 N–H and O–H groups in total. The number of aromatic nitrogens is 2. The molecule has 2 aliphatic rings. The summed E-state index contributed by atoms with van der Waals surface area (Å²) in [6.07, 6.45) is -1.71. The first-order valence-electron chi connectivity index (χ1n) is 14.7. The van der Waals surface area contributed by atoms with Crippen LogP contribution in [-0.4, -0.2) is 67.0 Å². The zero-order valence-electron chi connectivity index (χ0n) is 25.3. The lowest BCUT2D eigenvalue weighted by molar-refractivity contribution is -0.212. The highest BCUT2D eigenvalue weighted by molar-refractivity contribution is 7.80. The second-order valence-electron chi connectivity index (χ2n) is 13.1. The van der Waals surface area contributed by atoms with E-state index in [1.807, 2.05) is 0 Å². The van der Waals surface area contributed by atoms with Crippen molar-refractivity contribution in [2.24, 2.45) is 5.41 Å². The van der Waals surface area contributed by atoms with Crippen molar-refractivity contribution in [1.82, 2.24) is 14.9 Å². The highest BCUT2D eigenvalue weighted by Crippen LogP contribution is 2.57. The number of nitrogens with zero attached hydrogens (tertiary/aromatic N) is 2. The van der Waals surface area contributed by atoms with Crippen LogP contribution in [0.3, 0.4) is 0 Å². The minimum Gasteiger partial charge on any atom is -0.450 e. The molecule has 0 radical (unpaired) electrons. The molecule has 3 aromatic rings. The maximum absolute atomic E-state index is 15.3. The number of hydrogen-bond donors (Lipinski definition) is 3. The van der Waals surface area contributed by atoms with Gasteiger partial charge in [0, 0.05) is 51.4 Å². The third-order valence-electron chi connectivity index (χ3n) is 8.46. The Kier molecular flexibility index (Phi) is 9.49. The molecule has 0 spiro atoms. The standard InChI is InChI=1S/C30H37F5N4O4SSi/c1-45(2,3)10-9-41-18-39-13-20(29(6-4-7-29)30(33,34)35)24-23(5-8-36-26(24)39)43-25-21(31)11-19(12-22(25)32)38-27(44)37-14-28(15-40)16-42-17-28/h5,8,11-13,40H,4,6-7,9-10,14-18H2,1-3H3,(H2,37,38,44). The lowest BCUT2D eigenvalue weighted by Crippen LogP contribution is -2.53. The van der Waals surface area contributed by atoms with Crippen molar-refractivity contribution < 1.29 is 41.3 Å². The van der Waals surface area contributed by atoms with Gasteiger partial charge in [-0.05, 0) is 42.7 Å². The van der Waals surface area contributed by atoms with E-state index in [4.69, 9.17) is 26.4 Å². The normalized spacial score (nSPS) is 17.4. The molecule has 15 heteroatoms. The third-order valence-corrected chi connectivity index (χ3v) is 10.4. The molecule has 1 saturated heterocycles. The SMILES string of the molecule is C[Si](C)(C)CCOCn1cc(C2(C(F)(F)F)CCC2)c2c(Oc3c(F)cc(NC(=S)NCC4(CO)COC4)cc3F)ccnc21. The van der Waals surface area contributed by atoms with Crippen molar-refractivity contribution in [1.29, 1.82) is 0 Å². The van der Waals surface area contributed by atoms with Crippen LogP contribution in [0.15, 0.2) is 30.6 Å². The van der Waals surface area contributed by atoms with E-state index >= 15 is 8.78 Å². The summed E-state index contributed by atoms with van der Waals surface area (Å²) in [7, 11) is -1.40. The van der Waals surface area contributed by atoms with Crippen molar-refractivity contribution in [2.75, 3.05) is 38.3 Å². The number of nitrogens with one attached hydrogen (secondary N) is 2. The Bertz CT molecular complexity index is 1530. The fraction of sp³-hybridized carbons (Fsp3) is 0.533. The number of benzene rings is 1. The van der Waals surface area contributed by atoms with Gasteiger partial charge in [-0.3, -0.25) is 0 Å². The number of thiocarbonyl (C=S) groups is 1. The first kappa shape index (κ1) is 33.5. The minimum absolute atomic E-state index is 0.00886. The first-order chi connectivity index (χ1) is 21.2. The van der Waals surface area contributed by atoms with E-state index < -0.39 is 42.5 Å². The van der Waals surface area contributed by atoms with E-state index in [9.17, 15) is 18.3 Å². The van der Waals surface area contributed by atoms with Crippen LogP contribution in [0, 0.1) is 17.0 Å². The molecule has 246 valence electrons. The second kappa shape index (κ2) is 12.7. The van der Waals surface area contributed by atoms with E-state index in [-0.39, 0.29) is 59.3 Å². The van der Waals surface area contributed by atoms with Gasteiger partial charge in [-0.25, -0.2) is 13.8 Å². The summed E-state index contributed by atoms with van der Waals surface area (Å²) in [5.74, 6) is -3.11. The maximum atomic E-state index is 15.3. The van der Waals surface area contributed by atoms with Crippen LogP contribution >= 0.6 is 12.2 Å². The van der Waals surface area contributed by atoms with Crippen molar-refractivity contribution >= 4 is 42.1 Å². The van der Waals surface area contributed by atoms with E-state index in [1.54, 1.807) is 0 Å². The summed E-state index contributed by atoms with van der Waals surface area (Å²) in [6, 6.07) is 4.12. The summed E-state index contributed by atoms with van der Waals surface area (Å²) >= 11 is 5.23. The first-order valence-corrected chi connectivity index (χ1v) is 18.8. The molecule has 3 heterocycles. The van der Waals surface area contributed by atoms with Crippen molar-refractivity contribution in [3.8, 4) is 11.5 Å². The molecule has 5 rings (SSSR count). The number of anilines is 1. The summed E-state index contributed by atoms with van der Waals surface area (Å²) in [4.78, 5) is 4.33. The number of fused-ring (bicyclic) bond motifs is 1. The summed E-state index contributed by atoms with van der Waals surface area (Å²) in [5, 5.41) is 15.3. The predicted octanol–water partition coefficient (Wildman–Crippen LogP) is 6.70. The molecule has 2 fully saturated rings. The molecule has 8 nitrogen and oxygen atoms in total. The number of hydrogen-bond acceptors (Lipinski definition) is 6. The Morgan fingerprint density at radius 1 is 1.18 bits per heavy atom. The smallest absolute Gasteiger partial charge is 0.398 e. The Balaban J connectivity index is 1.42. The van der Waals surface area contributed by atoms with Gasteiger partial charge in [-0.1, -0.05) is 26.1 Å². The summed E-state index contributed by atoms with van der Waals surface area (Å²) in [5.41, 5.74) is -2.51. The average Bonchev–Trinajstić information content (AvgIpc) is 3.25. The van der Waals surface area contributed by atoms with Crippen LogP contribution in [0.1, 0.15) is 24.8 Å². The van der Waals surface area contributed by atoms with Crippen LogP contribution in [-0.2, 0) is 21.6 Å². The van der Waals surface area contributed by atoms with Gasteiger partial charge in [0.15, 0.2) is 22.5 Å². The molecule has 2 aromatic heterocycles. The molecule has 45 heavy (non-hydrogen) atoms. The lowest BCUT2D eigenvalue weighted by Gasteiger charge is -2.43. The van der Waals surface area contributed by atoms with E-state index in [2.05, 4.69) is 35.3 Å². The molecule has 0 atom stereocenters. The number of rotatable bonds is 12. The largest absolute Gasteiger partial charge is 0.450 e. The Labute approximate surface area is 264 Å². The van der Waals surface area contributed by atoms with Crippen molar-refractivity contribution in [2.45, 2.75) is 63.3 Å². The minimum atomic E-state index is -4.56. The fourth-order valence-electron chi connectivity index (χ4n) is 5.43. The summed E-state index contributed by atoms with van der Waals surface area (Å²) in [6.45, 7) is 7.89. The van der Waals surface area contributed by atoms with Crippen LogP contribution in [0.4, 0.5) is 27.6 Å². The number of halogens is 5. The van der Waals surface area contributed by atoms with Gasteiger partial charge in [0.05, 0.1) is 36.0 Å². The third kappa shape index (κ3) is 6.97. The van der Waals surface area contributed by atoms with E-state index in [0.717, 1.165) is 18.2 Å².